The zero-order valence-electron chi connectivity index (χ0n) is 11.5. The van der Waals surface area contributed by atoms with E-state index in [2.05, 4.69) is 4.98 Å². The Balaban J connectivity index is 3.01. The second kappa shape index (κ2) is 7.04. The van der Waals surface area contributed by atoms with Gasteiger partial charge in [0.2, 0.25) is 0 Å². The maximum absolute atomic E-state index is 13.8. The SMILES string of the molecule is CCC(C)N(CCOC)C(=O)c1ccnc(N)c1F. The zero-order valence-corrected chi connectivity index (χ0v) is 11.5. The molecule has 1 aromatic heterocycles. The molecule has 106 valence electrons. The average Bonchev–Trinajstić information content (AvgIpc) is 2.41. The van der Waals surface area contributed by atoms with E-state index in [0.717, 1.165) is 6.42 Å². The third-order valence-corrected chi connectivity index (χ3v) is 3.07. The molecule has 19 heavy (non-hydrogen) atoms. The summed E-state index contributed by atoms with van der Waals surface area (Å²) >= 11 is 0. The fourth-order valence-corrected chi connectivity index (χ4v) is 1.71. The first-order valence-electron chi connectivity index (χ1n) is 6.22. The van der Waals surface area contributed by atoms with Gasteiger partial charge in [0.05, 0.1) is 12.2 Å². The van der Waals surface area contributed by atoms with Gasteiger partial charge in [-0.25, -0.2) is 9.37 Å². The molecular weight excluding hydrogens is 249 g/mol. The number of carbonyl (C=O) groups excluding carboxylic acids is 1. The van der Waals surface area contributed by atoms with Gasteiger partial charge in [-0.1, -0.05) is 6.92 Å². The van der Waals surface area contributed by atoms with Crippen molar-refractivity contribution in [1.29, 1.82) is 0 Å². The molecule has 0 aliphatic carbocycles. The van der Waals surface area contributed by atoms with Crippen LogP contribution in [-0.4, -0.2) is 42.1 Å². The van der Waals surface area contributed by atoms with Crippen LogP contribution in [0.15, 0.2) is 12.3 Å². The summed E-state index contributed by atoms with van der Waals surface area (Å²) in [6.45, 7) is 4.69. The molecule has 2 N–H and O–H groups in total. The van der Waals surface area contributed by atoms with Crippen molar-refractivity contribution in [3.8, 4) is 0 Å². The summed E-state index contributed by atoms with van der Waals surface area (Å²) in [6.07, 6.45) is 2.11. The summed E-state index contributed by atoms with van der Waals surface area (Å²) in [4.78, 5) is 17.6. The van der Waals surface area contributed by atoms with Crippen LogP contribution in [0.25, 0.3) is 0 Å². The topological polar surface area (TPSA) is 68.5 Å². The second-order valence-electron chi connectivity index (χ2n) is 4.31. The standard InChI is InChI=1S/C13H20FN3O2/c1-4-9(2)17(7-8-19-3)13(18)10-5-6-16-12(15)11(10)14/h5-6,9H,4,7-8H2,1-3H3,(H2,15,16). The van der Waals surface area contributed by atoms with Gasteiger partial charge in [0.25, 0.3) is 5.91 Å². The Bertz CT molecular complexity index is 440. The number of ether oxygens (including phenoxy) is 1. The molecular formula is C13H20FN3O2. The first-order valence-corrected chi connectivity index (χ1v) is 6.22. The lowest BCUT2D eigenvalue weighted by Gasteiger charge is -2.28. The van der Waals surface area contributed by atoms with Crippen LogP contribution in [-0.2, 0) is 4.74 Å². The molecule has 0 radical (unpaired) electrons. The monoisotopic (exact) mass is 269 g/mol. The number of halogens is 1. The lowest BCUT2D eigenvalue weighted by Crippen LogP contribution is -2.41. The Morgan fingerprint density at radius 3 is 2.89 bits per heavy atom. The maximum atomic E-state index is 13.8. The van der Waals surface area contributed by atoms with E-state index in [1.165, 1.54) is 12.3 Å². The molecule has 0 spiro atoms. The van der Waals surface area contributed by atoms with E-state index < -0.39 is 11.7 Å². The van der Waals surface area contributed by atoms with Crippen molar-refractivity contribution in [2.75, 3.05) is 26.0 Å². The maximum Gasteiger partial charge on any atom is 0.257 e. The van der Waals surface area contributed by atoms with Crippen molar-refractivity contribution >= 4 is 11.7 Å². The van der Waals surface area contributed by atoms with Gasteiger partial charge in [-0.2, -0.15) is 0 Å². The van der Waals surface area contributed by atoms with Crippen LogP contribution < -0.4 is 5.73 Å². The van der Waals surface area contributed by atoms with E-state index in [1.807, 2.05) is 13.8 Å². The molecule has 5 nitrogen and oxygen atoms in total. The number of aromatic nitrogens is 1. The highest BCUT2D eigenvalue weighted by Crippen LogP contribution is 2.16. The molecule has 1 aromatic rings. The molecule has 0 aromatic carbocycles. The van der Waals surface area contributed by atoms with Crippen LogP contribution in [0.5, 0.6) is 0 Å². The highest BCUT2D eigenvalue weighted by molar-refractivity contribution is 5.95. The molecule has 0 aliphatic heterocycles. The predicted molar refractivity (Wildman–Crippen MR) is 71.3 cm³/mol. The lowest BCUT2D eigenvalue weighted by molar-refractivity contribution is 0.0609. The molecule has 1 unspecified atom stereocenters. The van der Waals surface area contributed by atoms with Gasteiger partial charge in [-0.05, 0) is 19.4 Å². The van der Waals surface area contributed by atoms with Crippen LogP contribution in [0, 0.1) is 5.82 Å². The number of rotatable bonds is 6. The van der Waals surface area contributed by atoms with Crippen LogP contribution in [0.1, 0.15) is 30.6 Å². The third-order valence-electron chi connectivity index (χ3n) is 3.07. The summed E-state index contributed by atoms with van der Waals surface area (Å²) in [5.74, 6) is -1.42. The normalized spacial score (nSPS) is 12.2. The van der Waals surface area contributed by atoms with Gasteiger partial charge in [-0.15, -0.1) is 0 Å². The number of hydrogen-bond donors (Lipinski definition) is 1. The lowest BCUT2D eigenvalue weighted by atomic mass is 10.1. The molecule has 0 fully saturated rings. The Kier molecular flexibility index (Phi) is 5.69. The van der Waals surface area contributed by atoms with E-state index in [-0.39, 0.29) is 17.4 Å². The molecule has 0 saturated carbocycles. The van der Waals surface area contributed by atoms with Gasteiger partial charge in [-0.3, -0.25) is 4.79 Å². The number of pyridine rings is 1. The molecule has 0 aliphatic rings. The zero-order chi connectivity index (χ0) is 14.4. The van der Waals surface area contributed by atoms with Gasteiger partial charge in [0.15, 0.2) is 11.6 Å². The molecule has 1 amide bonds. The Morgan fingerprint density at radius 1 is 1.63 bits per heavy atom. The van der Waals surface area contributed by atoms with Crippen molar-refractivity contribution < 1.29 is 13.9 Å². The number of methoxy groups -OCH3 is 1. The first kappa shape index (κ1) is 15.4. The third kappa shape index (κ3) is 3.64. The smallest absolute Gasteiger partial charge is 0.257 e. The predicted octanol–water partition coefficient (Wildman–Crippen LogP) is 1.69. The fourth-order valence-electron chi connectivity index (χ4n) is 1.71. The van der Waals surface area contributed by atoms with Crippen LogP contribution in [0.3, 0.4) is 0 Å². The van der Waals surface area contributed by atoms with Gasteiger partial charge in [0, 0.05) is 25.9 Å². The number of nitrogen functional groups attached to an aromatic ring is 1. The molecule has 1 rings (SSSR count). The quantitative estimate of drug-likeness (QED) is 0.853. The van der Waals surface area contributed by atoms with Crippen molar-refractivity contribution in [3.05, 3.63) is 23.6 Å². The Morgan fingerprint density at radius 2 is 2.32 bits per heavy atom. The van der Waals surface area contributed by atoms with Crippen LogP contribution in [0.2, 0.25) is 0 Å². The molecule has 0 bridgehead atoms. The highest BCUT2D eigenvalue weighted by Gasteiger charge is 2.23. The summed E-state index contributed by atoms with van der Waals surface area (Å²) in [7, 11) is 1.56. The minimum Gasteiger partial charge on any atom is -0.383 e. The van der Waals surface area contributed by atoms with Gasteiger partial charge >= 0.3 is 0 Å². The van der Waals surface area contributed by atoms with E-state index in [9.17, 15) is 9.18 Å². The van der Waals surface area contributed by atoms with E-state index >= 15 is 0 Å². The minimum absolute atomic E-state index is 0.00330. The summed E-state index contributed by atoms with van der Waals surface area (Å²) in [6, 6.07) is 1.34. The number of hydrogen-bond acceptors (Lipinski definition) is 4. The van der Waals surface area contributed by atoms with Gasteiger partial charge in [0.1, 0.15) is 0 Å². The molecule has 6 heteroatoms. The van der Waals surface area contributed by atoms with E-state index in [1.54, 1.807) is 12.0 Å². The minimum atomic E-state index is -0.766. The number of nitrogens with two attached hydrogens (primary N) is 1. The molecule has 0 saturated heterocycles. The first-order chi connectivity index (χ1) is 9.02. The highest BCUT2D eigenvalue weighted by atomic mass is 19.1. The summed E-state index contributed by atoms with van der Waals surface area (Å²) < 4.78 is 18.8. The fraction of sp³-hybridized carbons (Fsp3) is 0.538. The van der Waals surface area contributed by atoms with Crippen molar-refractivity contribution in [2.45, 2.75) is 26.3 Å². The number of carbonyl (C=O) groups is 1. The summed E-state index contributed by atoms with van der Waals surface area (Å²) in [5.41, 5.74) is 5.33. The number of anilines is 1. The molecule has 1 atom stereocenters. The average molecular weight is 269 g/mol. The van der Waals surface area contributed by atoms with Gasteiger partial charge < -0.3 is 15.4 Å². The Labute approximate surface area is 112 Å². The van der Waals surface area contributed by atoms with E-state index in [0.29, 0.717) is 13.2 Å². The second-order valence-corrected chi connectivity index (χ2v) is 4.31. The Hall–Kier alpha value is -1.69. The number of nitrogens with zero attached hydrogens (tertiary/aromatic N) is 2. The number of amides is 1. The van der Waals surface area contributed by atoms with Crippen molar-refractivity contribution in [3.63, 3.8) is 0 Å². The summed E-state index contributed by atoms with van der Waals surface area (Å²) in [5, 5.41) is 0. The van der Waals surface area contributed by atoms with E-state index in [4.69, 9.17) is 10.5 Å². The van der Waals surface area contributed by atoms with Crippen LogP contribution in [0.4, 0.5) is 10.2 Å². The molecule has 1 heterocycles. The van der Waals surface area contributed by atoms with Crippen molar-refractivity contribution in [1.82, 2.24) is 9.88 Å². The largest absolute Gasteiger partial charge is 0.383 e. The van der Waals surface area contributed by atoms with Crippen molar-refractivity contribution in [2.24, 2.45) is 0 Å². The van der Waals surface area contributed by atoms with Crippen LogP contribution >= 0.6 is 0 Å².